The Morgan fingerprint density at radius 1 is 1.35 bits per heavy atom. The van der Waals surface area contributed by atoms with Gasteiger partial charge in [0.25, 0.3) is 0 Å². The van der Waals surface area contributed by atoms with Crippen molar-refractivity contribution in [2.75, 3.05) is 7.11 Å². The number of aliphatic hydroxyl groups excluding tert-OH is 2. The van der Waals surface area contributed by atoms with E-state index in [2.05, 4.69) is 5.32 Å². The van der Waals surface area contributed by atoms with Crippen molar-refractivity contribution in [2.24, 2.45) is 0 Å². The van der Waals surface area contributed by atoms with Crippen molar-refractivity contribution in [3.8, 4) is 0 Å². The molecule has 0 bridgehead atoms. The van der Waals surface area contributed by atoms with Gasteiger partial charge in [-0.05, 0) is 0 Å². The third-order valence-electron chi connectivity index (χ3n) is 2.48. The van der Waals surface area contributed by atoms with Crippen LogP contribution < -0.4 is 5.32 Å². The number of ether oxygens (including phenoxy) is 2. The van der Waals surface area contributed by atoms with Crippen molar-refractivity contribution in [2.45, 2.75) is 37.6 Å². The topological polar surface area (TPSA) is 125 Å². The zero-order valence-electron chi connectivity index (χ0n) is 9.36. The highest BCUT2D eigenvalue weighted by atomic mass is 16.7. The third-order valence-corrected chi connectivity index (χ3v) is 2.48. The van der Waals surface area contributed by atoms with Gasteiger partial charge in [-0.1, -0.05) is 0 Å². The average Bonchev–Trinajstić information content (AvgIpc) is 2.21. The molecule has 0 aromatic rings. The largest absolute Gasteiger partial charge is 0.479 e. The van der Waals surface area contributed by atoms with Crippen LogP contribution in [0.4, 0.5) is 0 Å². The molecular weight excluding hydrogens is 234 g/mol. The van der Waals surface area contributed by atoms with E-state index in [0.717, 1.165) is 0 Å². The SMILES string of the molecule is COC1C(O)OC(C(=O)O)C(NC(C)=O)C1O. The first-order chi connectivity index (χ1) is 7.88. The van der Waals surface area contributed by atoms with Gasteiger partial charge in [0.1, 0.15) is 12.2 Å². The number of aliphatic carboxylic acids is 1. The van der Waals surface area contributed by atoms with Gasteiger partial charge < -0.3 is 30.1 Å². The van der Waals surface area contributed by atoms with Gasteiger partial charge in [0.2, 0.25) is 5.91 Å². The molecule has 0 radical (unpaired) electrons. The van der Waals surface area contributed by atoms with E-state index in [-0.39, 0.29) is 0 Å². The van der Waals surface area contributed by atoms with Crippen molar-refractivity contribution in [3.05, 3.63) is 0 Å². The standard InChI is InChI=1S/C9H15NO7/c1-3(11)10-4-5(12)7(16-2)9(15)17-6(4)8(13)14/h4-7,9,12,15H,1-2H3,(H,10,11)(H,13,14). The van der Waals surface area contributed by atoms with E-state index in [1.807, 2.05) is 0 Å². The number of rotatable bonds is 3. The molecule has 1 rings (SSSR count). The highest BCUT2D eigenvalue weighted by Gasteiger charge is 2.48. The van der Waals surface area contributed by atoms with E-state index in [9.17, 15) is 19.8 Å². The second kappa shape index (κ2) is 5.41. The fourth-order valence-corrected chi connectivity index (χ4v) is 1.73. The Morgan fingerprint density at radius 2 is 1.94 bits per heavy atom. The first-order valence-electron chi connectivity index (χ1n) is 4.92. The van der Waals surface area contributed by atoms with Crippen LogP contribution in [-0.4, -0.2) is 64.9 Å². The first-order valence-corrected chi connectivity index (χ1v) is 4.92. The van der Waals surface area contributed by atoms with Crippen molar-refractivity contribution in [3.63, 3.8) is 0 Å². The number of amides is 1. The summed E-state index contributed by atoms with van der Waals surface area (Å²) >= 11 is 0. The van der Waals surface area contributed by atoms with Gasteiger partial charge in [-0.3, -0.25) is 4.79 Å². The summed E-state index contributed by atoms with van der Waals surface area (Å²) in [6.45, 7) is 1.18. The lowest BCUT2D eigenvalue weighted by Crippen LogP contribution is -2.65. The fraction of sp³-hybridized carbons (Fsp3) is 0.778. The van der Waals surface area contributed by atoms with Gasteiger partial charge in [0, 0.05) is 14.0 Å². The molecule has 4 N–H and O–H groups in total. The van der Waals surface area contributed by atoms with Gasteiger partial charge >= 0.3 is 5.97 Å². The summed E-state index contributed by atoms with van der Waals surface area (Å²) in [5.41, 5.74) is 0. The minimum Gasteiger partial charge on any atom is -0.479 e. The highest BCUT2D eigenvalue weighted by Crippen LogP contribution is 2.22. The molecule has 0 spiro atoms. The Kier molecular flexibility index (Phi) is 4.40. The van der Waals surface area contributed by atoms with E-state index in [1.165, 1.54) is 14.0 Å². The monoisotopic (exact) mass is 249 g/mol. The number of methoxy groups -OCH3 is 1. The lowest BCUT2D eigenvalue weighted by atomic mass is 9.96. The molecule has 0 saturated carbocycles. The lowest BCUT2D eigenvalue weighted by Gasteiger charge is -2.40. The molecule has 17 heavy (non-hydrogen) atoms. The van der Waals surface area contributed by atoms with Crippen LogP contribution in [0.25, 0.3) is 0 Å². The van der Waals surface area contributed by atoms with Gasteiger partial charge in [0.15, 0.2) is 12.4 Å². The maximum absolute atomic E-state index is 10.9. The van der Waals surface area contributed by atoms with Crippen LogP contribution in [-0.2, 0) is 19.1 Å². The van der Waals surface area contributed by atoms with E-state index in [4.69, 9.17) is 14.6 Å². The average molecular weight is 249 g/mol. The predicted molar refractivity (Wildman–Crippen MR) is 52.9 cm³/mol. The molecule has 1 saturated heterocycles. The molecule has 0 aromatic heterocycles. The van der Waals surface area contributed by atoms with E-state index >= 15 is 0 Å². The van der Waals surface area contributed by atoms with Gasteiger partial charge in [-0.2, -0.15) is 0 Å². The number of hydrogen-bond donors (Lipinski definition) is 4. The molecule has 1 aliphatic heterocycles. The van der Waals surface area contributed by atoms with Crippen LogP contribution in [0, 0.1) is 0 Å². The van der Waals surface area contributed by atoms with Gasteiger partial charge in [-0.25, -0.2) is 4.79 Å². The number of nitrogens with one attached hydrogen (secondary N) is 1. The maximum Gasteiger partial charge on any atom is 0.335 e. The molecule has 0 aromatic carbocycles. The Hall–Kier alpha value is -1.22. The Labute approximate surface area is 97.1 Å². The van der Waals surface area contributed by atoms with Crippen molar-refractivity contribution >= 4 is 11.9 Å². The van der Waals surface area contributed by atoms with Crippen LogP contribution in [0.2, 0.25) is 0 Å². The summed E-state index contributed by atoms with van der Waals surface area (Å²) in [7, 11) is 1.23. The van der Waals surface area contributed by atoms with Crippen LogP contribution in [0.3, 0.4) is 0 Å². The third kappa shape index (κ3) is 2.91. The van der Waals surface area contributed by atoms with Crippen molar-refractivity contribution < 1.29 is 34.4 Å². The summed E-state index contributed by atoms with van der Waals surface area (Å²) in [4.78, 5) is 21.8. The molecule has 8 heteroatoms. The molecule has 5 unspecified atom stereocenters. The minimum absolute atomic E-state index is 0.518. The first kappa shape index (κ1) is 13.8. The van der Waals surface area contributed by atoms with Gasteiger partial charge in [-0.15, -0.1) is 0 Å². The van der Waals surface area contributed by atoms with Crippen LogP contribution in [0.5, 0.6) is 0 Å². The highest BCUT2D eigenvalue weighted by molar-refractivity contribution is 5.77. The second-order valence-corrected chi connectivity index (χ2v) is 3.70. The maximum atomic E-state index is 10.9. The fourth-order valence-electron chi connectivity index (χ4n) is 1.73. The molecule has 98 valence electrons. The Bertz CT molecular complexity index is 308. The summed E-state index contributed by atoms with van der Waals surface area (Å²) in [6.07, 6.45) is -5.60. The molecule has 5 atom stereocenters. The van der Waals surface area contributed by atoms with Crippen LogP contribution in [0.1, 0.15) is 6.92 Å². The number of carbonyl (C=O) groups excluding carboxylic acids is 1. The van der Waals surface area contributed by atoms with E-state index in [0.29, 0.717) is 0 Å². The summed E-state index contributed by atoms with van der Waals surface area (Å²) in [5.74, 6) is -1.91. The normalized spacial score (nSPS) is 37.5. The number of aliphatic hydroxyl groups is 2. The van der Waals surface area contributed by atoms with Crippen molar-refractivity contribution in [1.82, 2.24) is 5.32 Å². The number of carboxylic acids is 1. The molecule has 1 fully saturated rings. The van der Waals surface area contributed by atoms with Crippen molar-refractivity contribution in [1.29, 1.82) is 0 Å². The zero-order valence-corrected chi connectivity index (χ0v) is 9.36. The summed E-state index contributed by atoms with van der Waals surface area (Å²) in [6, 6.07) is -1.18. The second-order valence-electron chi connectivity index (χ2n) is 3.70. The Balaban J connectivity index is 2.91. The number of carbonyl (C=O) groups is 2. The summed E-state index contributed by atoms with van der Waals surface area (Å²) < 4.78 is 9.58. The molecule has 1 aliphatic rings. The lowest BCUT2D eigenvalue weighted by molar-refractivity contribution is -0.263. The smallest absolute Gasteiger partial charge is 0.335 e. The summed E-state index contributed by atoms with van der Waals surface area (Å²) in [5, 5.41) is 30.4. The molecular formula is C9H15NO7. The molecule has 1 amide bonds. The minimum atomic E-state index is -1.57. The van der Waals surface area contributed by atoms with E-state index < -0.39 is 42.5 Å². The number of carboxylic acid groups (broad SMARTS) is 1. The quantitative estimate of drug-likeness (QED) is 0.442. The van der Waals surface area contributed by atoms with Crippen LogP contribution >= 0.6 is 0 Å². The molecule has 8 nitrogen and oxygen atoms in total. The zero-order chi connectivity index (χ0) is 13.2. The predicted octanol–water partition coefficient (Wildman–Crippen LogP) is -2.33. The van der Waals surface area contributed by atoms with E-state index in [1.54, 1.807) is 0 Å². The number of hydrogen-bond acceptors (Lipinski definition) is 6. The Morgan fingerprint density at radius 3 is 2.35 bits per heavy atom. The van der Waals surface area contributed by atoms with Gasteiger partial charge in [0.05, 0.1) is 6.04 Å². The molecule has 0 aliphatic carbocycles. The molecule has 1 heterocycles. The van der Waals surface area contributed by atoms with Crippen LogP contribution in [0.15, 0.2) is 0 Å².